The molecule has 2 atom stereocenters. The number of carbonyl (C=O) groups excluding carboxylic acids is 1. The Kier molecular flexibility index (Phi) is 2.82. The van der Waals surface area contributed by atoms with E-state index in [0.717, 1.165) is 19.3 Å². The van der Waals surface area contributed by atoms with Crippen LogP contribution in [0.25, 0.3) is 0 Å². The number of hydrogen-bond acceptors (Lipinski definition) is 3. The van der Waals surface area contributed by atoms with Crippen molar-refractivity contribution in [3.05, 3.63) is 29.8 Å². The third-order valence-electron chi connectivity index (χ3n) is 4.61. The fourth-order valence-electron chi connectivity index (χ4n) is 3.46. The van der Waals surface area contributed by atoms with E-state index in [1.54, 1.807) is 0 Å². The summed E-state index contributed by atoms with van der Waals surface area (Å²) in [7, 11) is 0. The summed E-state index contributed by atoms with van der Waals surface area (Å²) in [4.78, 5) is 18.1. The molecule has 2 aliphatic heterocycles. The van der Waals surface area contributed by atoms with E-state index in [2.05, 4.69) is 24.1 Å². The minimum atomic E-state index is -0.543. The maximum atomic E-state index is 13.7. The molecule has 0 spiro atoms. The van der Waals surface area contributed by atoms with Crippen molar-refractivity contribution in [1.29, 1.82) is 0 Å². The third kappa shape index (κ3) is 1.84. The van der Waals surface area contributed by atoms with E-state index >= 15 is 0 Å². The van der Waals surface area contributed by atoms with Crippen molar-refractivity contribution in [3.8, 4) is 0 Å². The van der Waals surface area contributed by atoms with Crippen LogP contribution < -0.4 is 5.32 Å². The number of halogens is 1. The van der Waals surface area contributed by atoms with E-state index in [4.69, 9.17) is 0 Å². The quantitative estimate of drug-likeness (QED) is 0.830. The molecule has 2 fully saturated rings. The second-order valence-corrected chi connectivity index (χ2v) is 5.95. The fourth-order valence-corrected chi connectivity index (χ4v) is 3.46. The first-order valence-corrected chi connectivity index (χ1v) is 6.64. The Labute approximate surface area is 112 Å². The maximum Gasteiger partial charge on any atom is 0.257 e. The van der Waals surface area contributed by atoms with Crippen molar-refractivity contribution in [3.63, 3.8) is 0 Å². The molecule has 0 saturated carbocycles. The Morgan fingerprint density at radius 2 is 2.32 bits per heavy atom. The molecule has 102 valence electrons. The average molecular weight is 263 g/mol. The highest BCUT2D eigenvalue weighted by molar-refractivity contribution is 5.95. The van der Waals surface area contributed by atoms with Gasteiger partial charge in [0, 0.05) is 31.4 Å². The number of aromatic nitrogens is 1. The van der Waals surface area contributed by atoms with E-state index in [0.29, 0.717) is 18.4 Å². The van der Waals surface area contributed by atoms with Gasteiger partial charge < -0.3 is 10.2 Å². The number of likely N-dealkylation sites (tertiary alicyclic amines) is 1. The van der Waals surface area contributed by atoms with Crippen molar-refractivity contribution >= 4 is 5.91 Å². The van der Waals surface area contributed by atoms with Gasteiger partial charge in [-0.2, -0.15) is 0 Å². The first-order chi connectivity index (χ1) is 9.01. The zero-order valence-electron chi connectivity index (χ0n) is 11.2. The van der Waals surface area contributed by atoms with Gasteiger partial charge in [-0.15, -0.1) is 0 Å². The van der Waals surface area contributed by atoms with Gasteiger partial charge in [0.05, 0.1) is 11.8 Å². The Bertz CT molecular complexity index is 517. The van der Waals surface area contributed by atoms with Gasteiger partial charge in [-0.05, 0) is 31.7 Å². The van der Waals surface area contributed by atoms with Crippen LogP contribution in [0.1, 0.15) is 24.2 Å². The highest BCUT2D eigenvalue weighted by Gasteiger charge is 2.51. The molecule has 4 nitrogen and oxygen atoms in total. The SMILES string of the molecule is CC1(C)C2CNCC2CN1C(=O)c1ccncc1F. The second-order valence-electron chi connectivity index (χ2n) is 5.95. The first kappa shape index (κ1) is 12.5. The van der Waals surface area contributed by atoms with Crippen LogP contribution >= 0.6 is 0 Å². The zero-order valence-corrected chi connectivity index (χ0v) is 11.2. The molecule has 3 rings (SSSR count). The number of fused-ring (bicyclic) bond motifs is 1. The monoisotopic (exact) mass is 263 g/mol. The Morgan fingerprint density at radius 1 is 1.53 bits per heavy atom. The summed E-state index contributed by atoms with van der Waals surface area (Å²) >= 11 is 0. The highest BCUT2D eigenvalue weighted by atomic mass is 19.1. The number of rotatable bonds is 1. The van der Waals surface area contributed by atoms with Crippen LogP contribution in [-0.2, 0) is 0 Å². The van der Waals surface area contributed by atoms with Gasteiger partial charge in [-0.3, -0.25) is 9.78 Å². The molecular formula is C14H18FN3O. The maximum absolute atomic E-state index is 13.7. The molecule has 19 heavy (non-hydrogen) atoms. The summed E-state index contributed by atoms with van der Waals surface area (Å²) < 4.78 is 13.7. The predicted octanol–water partition coefficient (Wildman–Crippen LogP) is 1.29. The summed E-state index contributed by atoms with van der Waals surface area (Å²) in [5.74, 6) is 0.156. The molecule has 3 heterocycles. The molecule has 0 aromatic carbocycles. The number of nitrogens with one attached hydrogen (secondary N) is 1. The minimum absolute atomic E-state index is 0.121. The van der Waals surface area contributed by atoms with Crippen LogP contribution in [0, 0.1) is 17.7 Å². The Balaban J connectivity index is 1.91. The normalized spacial score (nSPS) is 28.5. The van der Waals surface area contributed by atoms with E-state index in [1.807, 2.05) is 4.90 Å². The fraction of sp³-hybridized carbons (Fsp3) is 0.571. The van der Waals surface area contributed by atoms with Gasteiger partial charge in [-0.1, -0.05) is 0 Å². The standard InChI is InChI=1S/C14H18FN3O/c1-14(2)11-6-17-5-9(11)8-18(14)13(19)10-3-4-16-7-12(10)15/h3-4,7,9,11,17H,5-6,8H2,1-2H3. The van der Waals surface area contributed by atoms with Crippen LogP contribution in [0.4, 0.5) is 4.39 Å². The van der Waals surface area contributed by atoms with Crippen molar-refractivity contribution in [1.82, 2.24) is 15.2 Å². The van der Waals surface area contributed by atoms with Crippen molar-refractivity contribution in [2.45, 2.75) is 19.4 Å². The molecule has 1 aromatic rings. The van der Waals surface area contributed by atoms with Gasteiger partial charge in [0.1, 0.15) is 0 Å². The second kappa shape index (κ2) is 4.27. The van der Waals surface area contributed by atoms with Crippen LogP contribution in [0.5, 0.6) is 0 Å². The largest absolute Gasteiger partial charge is 0.333 e. The van der Waals surface area contributed by atoms with Crippen LogP contribution in [0.2, 0.25) is 0 Å². The van der Waals surface area contributed by atoms with Crippen LogP contribution in [-0.4, -0.2) is 41.0 Å². The number of amides is 1. The van der Waals surface area contributed by atoms with Crippen LogP contribution in [0.3, 0.4) is 0 Å². The smallest absolute Gasteiger partial charge is 0.257 e. The summed E-state index contributed by atoms with van der Waals surface area (Å²) in [6, 6.07) is 1.46. The topological polar surface area (TPSA) is 45.2 Å². The van der Waals surface area contributed by atoms with Gasteiger partial charge in [0.15, 0.2) is 5.82 Å². The summed E-state index contributed by atoms with van der Waals surface area (Å²) in [6.45, 7) is 6.71. The molecule has 5 heteroatoms. The van der Waals surface area contributed by atoms with Gasteiger partial charge in [0.2, 0.25) is 0 Å². The third-order valence-corrected chi connectivity index (χ3v) is 4.61. The summed E-state index contributed by atoms with van der Waals surface area (Å²) in [5, 5.41) is 3.37. The number of carbonyl (C=O) groups is 1. The van der Waals surface area contributed by atoms with E-state index < -0.39 is 5.82 Å². The molecule has 0 bridgehead atoms. The van der Waals surface area contributed by atoms with Crippen molar-refractivity contribution in [2.24, 2.45) is 11.8 Å². The lowest BCUT2D eigenvalue weighted by atomic mass is 9.84. The van der Waals surface area contributed by atoms with Gasteiger partial charge in [-0.25, -0.2) is 4.39 Å². The van der Waals surface area contributed by atoms with E-state index in [-0.39, 0.29) is 17.0 Å². The molecule has 2 saturated heterocycles. The number of nitrogens with zero attached hydrogens (tertiary/aromatic N) is 2. The first-order valence-electron chi connectivity index (χ1n) is 6.64. The van der Waals surface area contributed by atoms with Gasteiger partial charge >= 0.3 is 0 Å². The molecule has 2 unspecified atom stereocenters. The number of pyridine rings is 1. The highest BCUT2D eigenvalue weighted by Crippen LogP contribution is 2.41. The lowest BCUT2D eigenvalue weighted by Gasteiger charge is -2.35. The molecule has 1 amide bonds. The Morgan fingerprint density at radius 3 is 3.00 bits per heavy atom. The molecule has 0 aliphatic carbocycles. The molecular weight excluding hydrogens is 245 g/mol. The van der Waals surface area contributed by atoms with Crippen molar-refractivity contribution < 1.29 is 9.18 Å². The van der Waals surface area contributed by atoms with Crippen LogP contribution in [0.15, 0.2) is 18.5 Å². The predicted molar refractivity (Wildman–Crippen MR) is 69.2 cm³/mol. The lowest BCUT2D eigenvalue weighted by Crippen LogP contribution is -2.47. The molecule has 0 radical (unpaired) electrons. The Hall–Kier alpha value is -1.49. The molecule has 2 aliphatic rings. The summed E-state index contributed by atoms with van der Waals surface area (Å²) in [5.41, 5.74) is -0.114. The average Bonchev–Trinajstić information content (AvgIpc) is 2.92. The zero-order chi connectivity index (χ0) is 13.6. The van der Waals surface area contributed by atoms with Crippen molar-refractivity contribution in [2.75, 3.05) is 19.6 Å². The van der Waals surface area contributed by atoms with Gasteiger partial charge in [0.25, 0.3) is 5.91 Å². The lowest BCUT2D eigenvalue weighted by molar-refractivity contribution is 0.0598. The molecule has 1 N–H and O–H groups in total. The van der Waals surface area contributed by atoms with E-state index in [1.165, 1.54) is 12.3 Å². The summed E-state index contributed by atoms with van der Waals surface area (Å²) in [6.07, 6.45) is 2.56. The minimum Gasteiger partial charge on any atom is -0.333 e. The number of hydrogen-bond donors (Lipinski definition) is 1. The molecule has 1 aromatic heterocycles. The van der Waals surface area contributed by atoms with E-state index in [9.17, 15) is 9.18 Å².